The number of benzene rings is 1. The maximum Gasteiger partial charge on any atom is 0.189 e. The summed E-state index contributed by atoms with van der Waals surface area (Å²) in [6.45, 7) is 4.12. The molecule has 0 aliphatic heterocycles. The Kier molecular flexibility index (Phi) is 4.57. The highest BCUT2D eigenvalue weighted by atomic mass is 19.1. The standard InChI is InChI=1S/C15H21F2N3/c1-3-9(2)19-15(18)20-14-6-11(7-14)10-4-12(16)8-13(17)5-10/h4-5,8-9,11,14H,3,6-7H2,1-2H3,(H3,18,19,20). The van der Waals surface area contributed by atoms with Crippen molar-refractivity contribution >= 4 is 5.96 Å². The zero-order valence-corrected chi connectivity index (χ0v) is 11.9. The highest BCUT2D eigenvalue weighted by Gasteiger charge is 2.30. The highest BCUT2D eigenvalue weighted by molar-refractivity contribution is 5.78. The minimum Gasteiger partial charge on any atom is -0.370 e. The molecule has 1 unspecified atom stereocenters. The molecule has 0 radical (unpaired) electrons. The summed E-state index contributed by atoms with van der Waals surface area (Å²) in [5.74, 6) is -0.423. The number of nitrogens with one attached hydrogen (secondary N) is 1. The highest BCUT2D eigenvalue weighted by Crippen LogP contribution is 2.39. The summed E-state index contributed by atoms with van der Waals surface area (Å²) in [6, 6.07) is 4.13. The Bertz CT molecular complexity index is 476. The molecular formula is C15H21F2N3. The first kappa shape index (κ1) is 14.8. The van der Waals surface area contributed by atoms with Gasteiger partial charge < -0.3 is 11.1 Å². The number of hydrogen-bond acceptors (Lipinski definition) is 1. The Labute approximate surface area is 118 Å². The monoisotopic (exact) mass is 281 g/mol. The zero-order chi connectivity index (χ0) is 14.7. The molecule has 3 nitrogen and oxygen atoms in total. The zero-order valence-electron chi connectivity index (χ0n) is 11.9. The first-order chi connectivity index (χ1) is 9.47. The molecule has 5 heteroatoms. The maximum atomic E-state index is 13.1. The van der Waals surface area contributed by atoms with Gasteiger partial charge in [0.2, 0.25) is 0 Å². The first-order valence-corrected chi connectivity index (χ1v) is 7.03. The summed E-state index contributed by atoms with van der Waals surface area (Å²) in [7, 11) is 0. The lowest BCUT2D eigenvalue weighted by Crippen LogP contribution is -2.40. The Balaban J connectivity index is 1.89. The van der Waals surface area contributed by atoms with Crippen molar-refractivity contribution < 1.29 is 8.78 Å². The third kappa shape index (κ3) is 3.68. The Morgan fingerprint density at radius 3 is 2.50 bits per heavy atom. The average molecular weight is 281 g/mol. The molecular weight excluding hydrogens is 260 g/mol. The van der Waals surface area contributed by atoms with Gasteiger partial charge in [0, 0.05) is 12.1 Å². The fourth-order valence-electron chi connectivity index (χ4n) is 2.36. The molecule has 0 spiro atoms. The molecule has 3 N–H and O–H groups in total. The smallest absolute Gasteiger partial charge is 0.189 e. The molecule has 0 aromatic heterocycles. The normalized spacial score (nSPS) is 24.1. The number of nitrogens with zero attached hydrogens (tertiary/aromatic N) is 1. The van der Waals surface area contributed by atoms with Crippen LogP contribution < -0.4 is 11.1 Å². The van der Waals surface area contributed by atoms with Gasteiger partial charge in [0.25, 0.3) is 0 Å². The van der Waals surface area contributed by atoms with E-state index in [9.17, 15) is 8.78 Å². The molecule has 2 rings (SSSR count). The van der Waals surface area contributed by atoms with E-state index in [0.29, 0.717) is 17.6 Å². The minimum absolute atomic E-state index is 0.142. The van der Waals surface area contributed by atoms with Gasteiger partial charge in [0.15, 0.2) is 5.96 Å². The number of hydrogen-bond donors (Lipinski definition) is 2. The topological polar surface area (TPSA) is 50.4 Å². The van der Waals surface area contributed by atoms with Crippen molar-refractivity contribution in [2.24, 2.45) is 10.7 Å². The van der Waals surface area contributed by atoms with Crippen molar-refractivity contribution in [3.8, 4) is 0 Å². The molecule has 0 saturated heterocycles. The fourth-order valence-corrected chi connectivity index (χ4v) is 2.36. The molecule has 110 valence electrons. The van der Waals surface area contributed by atoms with Gasteiger partial charge in [-0.3, -0.25) is 4.99 Å². The number of guanidine groups is 1. The molecule has 0 heterocycles. The second-order valence-electron chi connectivity index (χ2n) is 5.49. The van der Waals surface area contributed by atoms with Crippen LogP contribution in [-0.2, 0) is 0 Å². The van der Waals surface area contributed by atoms with E-state index in [1.54, 1.807) is 0 Å². The summed E-state index contributed by atoms with van der Waals surface area (Å²) >= 11 is 0. The molecule has 1 aromatic carbocycles. The molecule has 1 aliphatic rings. The largest absolute Gasteiger partial charge is 0.370 e. The lowest BCUT2D eigenvalue weighted by atomic mass is 9.76. The third-order valence-electron chi connectivity index (χ3n) is 3.80. The number of aliphatic imine (C=N–C) groups is 1. The molecule has 1 saturated carbocycles. The van der Waals surface area contributed by atoms with Crippen LogP contribution in [0.1, 0.15) is 44.6 Å². The van der Waals surface area contributed by atoms with Crippen LogP contribution >= 0.6 is 0 Å². The summed E-state index contributed by atoms with van der Waals surface area (Å²) in [5, 5.41) is 3.11. The predicted octanol–water partition coefficient (Wildman–Crippen LogP) is 2.91. The fraction of sp³-hybridized carbons (Fsp3) is 0.533. The van der Waals surface area contributed by atoms with E-state index in [4.69, 9.17) is 5.73 Å². The van der Waals surface area contributed by atoms with Crippen LogP contribution in [0, 0.1) is 11.6 Å². The van der Waals surface area contributed by atoms with E-state index in [-0.39, 0.29) is 12.0 Å². The van der Waals surface area contributed by atoms with Gasteiger partial charge in [-0.05, 0) is 49.8 Å². The van der Waals surface area contributed by atoms with Crippen LogP contribution in [0.2, 0.25) is 0 Å². The average Bonchev–Trinajstić information content (AvgIpc) is 2.31. The van der Waals surface area contributed by atoms with Crippen LogP contribution in [0.25, 0.3) is 0 Å². The maximum absolute atomic E-state index is 13.1. The molecule has 0 amide bonds. The summed E-state index contributed by atoms with van der Waals surface area (Å²) < 4.78 is 26.3. The molecule has 20 heavy (non-hydrogen) atoms. The van der Waals surface area contributed by atoms with Crippen LogP contribution in [0.15, 0.2) is 23.2 Å². The van der Waals surface area contributed by atoms with Gasteiger partial charge in [-0.15, -0.1) is 0 Å². The second kappa shape index (κ2) is 6.20. The van der Waals surface area contributed by atoms with E-state index in [1.807, 2.05) is 6.92 Å². The summed E-state index contributed by atoms with van der Waals surface area (Å²) in [5.41, 5.74) is 6.52. The van der Waals surface area contributed by atoms with E-state index < -0.39 is 11.6 Å². The van der Waals surface area contributed by atoms with Crippen molar-refractivity contribution in [1.29, 1.82) is 0 Å². The van der Waals surface area contributed by atoms with E-state index in [1.165, 1.54) is 12.1 Å². The first-order valence-electron chi connectivity index (χ1n) is 7.03. The van der Waals surface area contributed by atoms with Crippen molar-refractivity contribution in [2.45, 2.75) is 51.1 Å². The summed E-state index contributed by atoms with van der Waals surface area (Å²) in [6.07, 6.45) is 2.55. The minimum atomic E-state index is -0.523. The molecule has 0 bridgehead atoms. The van der Waals surface area contributed by atoms with Gasteiger partial charge in [0.1, 0.15) is 11.6 Å². The van der Waals surface area contributed by atoms with E-state index in [2.05, 4.69) is 17.2 Å². The van der Waals surface area contributed by atoms with Crippen LogP contribution in [0.5, 0.6) is 0 Å². The SMILES string of the molecule is CCC(C)NC(N)=NC1CC(c2cc(F)cc(F)c2)C1. The van der Waals surface area contributed by atoms with Gasteiger partial charge in [-0.1, -0.05) is 6.92 Å². The van der Waals surface area contributed by atoms with Crippen molar-refractivity contribution in [1.82, 2.24) is 5.32 Å². The second-order valence-corrected chi connectivity index (χ2v) is 5.49. The lowest BCUT2D eigenvalue weighted by molar-refractivity contribution is 0.350. The molecule has 1 aromatic rings. The van der Waals surface area contributed by atoms with Crippen molar-refractivity contribution in [3.05, 3.63) is 35.4 Å². The molecule has 1 atom stereocenters. The number of nitrogens with two attached hydrogens (primary N) is 1. The number of halogens is 2. The van der Waals surface area contributed by atoms with Crippen molar-refractivity contribution in [3.63, 3.8) is 0 Å². The van der Waals surface area contributed by atoms with Gasteiger partial charge >= 0.3 is 0 Å². The quantitative estimate of drug-likeness (QED) is 0.658. The van der Waals surface area contributed by atoms with Crippen LogP contribution in [-0.4, -0.2) is 18.0 Å². The molecule has 1 fully saturated rings. The Hall–Kier alpha value is -1.65. The Morgan fingerprint density at radius 1 is 1.35 bits per heavy atom. The number of rotatable bonds is 4. The molecule has 1 aliphatic carbocycles. The van der Waals surface area contributed by atoms with E-state index in [0.717, 1.165) is 25.3 Å². The van der Waals surface area contributed by atoms with Gasteiger partial charge in [-0.25, -0.2) is 8.78 Å². The van der Waals surface area contributed by atoms with Gasteiger partial charge in [0.05, 0.1) is 6.04 Å². The van der Waals surface area contributed by atoms with Crippen LogP contribution in [0.3, 0.4) is 0 Å². The third-order valence-corrected chi connectivity index (χ3v) is 3.80. The van der Waals surface area contributed by atoms with E-state index >= 15 is 0 Å². The Morgan fingerprint density at radius 2 is 1.95 bits per heavy atom. The van der Waals surface area contributed by atoms with Crippen molar-refractivity contribution in [2.75, 3.05) is 0 Å². The predicted molar refractivity (Wildman–Crippen MR) is 76.6 cm³/mol. The lowest BCUT2D eigenvalue weighted by Gasteiger charge is -2.33. The summed E-state index contributed by atoms with van der Waals surface area (Å²) in [4.78, 5) is 4.39. The van der Waals surface area contributed by atoms with Gasteiger partial charge in [-0.2, -0.15) is 0 Å². The van der Waals surface area contributed by atoms with Crippen LogP contribution in [0.4, 0.5) is 8.78 Å².